The minimum atomic E-state index is -3.83. The van der Waals surface area contributed by atoms with Crippen molar-refractivity contribution in [3.63, 3.8) is 0 Å². The maximum atomic E-state index is 11.6. The van der Waals surface area contributed by atoms with Crippen LogP contribution in [0.4, 0.5) is 0 Å². The molecule has 0 saturated carbocycles. The number of aromatic nitrogens is 2. The molecule has 0 aliphatic rings. The van der Waals surface area contributed by atoms with E-state index in [1.165, 1.54) is 12.5 Å². The molecule has 1 heterocycles. The van der Waals surface area contributed by atoms with Gasteiger partial charge >= 0.3 is 0 Å². The first-order valence-electron chi connectivity index (χ1n) is 4.85. The van der Waals surface area contributed by atoms with E-state index in [1.54, 1.807) is 4.57 Å². The van der Waals surface area contributed by atoms with E-state index < -0.39 is 28.6 Å². The zero-order valence-electron chi connectivity index (χ0n) is 9.20. The molecule has 96 valence electrons. The molecule has 0 spiro atoms. The highest BCUT2D eigenvalue weighted by molar-refractivity contribution is 7.89. The summed E-state index contributed by atoms with van der Waals surface area (Å²) in [4.78, 5) is 14.2. The van der Waals surface area contributed by atoms with E-state index in [9.17, 15) is 13.2 Å². The van der Waals surface area contributed by atoms with E-state index in [0.717, 1.165) is 0 Å². The maximum absolute atomic E-state index is 11.6. The number of carbonyl (C=O) groups is 1. The van der Waals surface area contributed by atoms with Gasteiger partial charge in [0.05, 0.1) is 6.33 Å². The Kier molecular flexibility index (Phi) is 4.21. The molecule has 1 aromatic rings. The highest BCUT2D eigenvalue weighted by atomic mass is 32.2. The summed E-state index contributed by atoms with van der Waals surface area (Å²) in [5.74, 6) is -0.994. The van der Waals surface area contributed by atoms with E-state index >= 15 is 0 Å². The van der Waals surface area contributed by atoms with Gasteiger partial charge < -0.3 is 15.4 Å². The number of aliphatic hydroxyl groups is 1. The average molecular weight is 262 g/mol. The van der Waals surface area contributed by atoms with Crippen LogP contribution in [0.25, 0.3) is 0 Å². The summed E-state index contributed by atoms with van der Waals surface area (Å²) in [6.45, 7) is 1.95. The predicted molar refractivity (Wildman–Crippen MR) is 58.3 cm³/mol. The van der Waals surface area contributed by atoms with Gasteiger partial charge in [-0.05, 0) is 6.92 Å². The number of carbonyl (C=O) groups excluding carboxylic acids is 1. The van der Waals surface area contributed by atoms with Gasteiger partial charge in [0.25, 0.3) is 10.0 Å². The first kappa shape index (κ1) is 13.6. The number of nitrogens with one attached hydrogen (secondary N) is 1. The summed E-state index contributed by atoms with van der Waals surface area (Å²) in [5, 5.41) is 8.89. The highest BCUT2D eigenvalue weighted by Gasteiger charge is 2.20. The number of hydrogen-bond donors (Lipinski definition) is 3. The van der Waals surface area contributed by atoms with Crippen LogP contribution in [0.3, 0.4) is 0 Å². The van der Waals surface area contributed by atoms with Crippen molar-refractivity contribution in [2.45, 2.75) is 24.6 Å². The average Bonchev–Trinajstić information content (AvgIpc) is 2.75. The Balaban J connectivity index is 2.72. The van der Waals surface area contributed by atoms with Crippen molar-refractivity contribution in [3.8, 4) is 0 Å². The Morgan fingerprint density at radius 3 is 2.82 bits per heavy atom. The second-order valence-corrected chi connectivity index (χ2v) is 5.03. The van der Waals surface area contributed by atoms with E-state index in [-0.39, 0.29) is 5.03 Å². The molecule has 1 rings (SSSR count). The number of aryl methyl sites for hydroxylation is 1. The number of hydrogen-bond acceptors (Lipinski definition) is 5. The lowest BCUT2D eigenvalue weighted by molar-refractivity contribution is -0.125. The summed E-state index contributed by atoms with van der Waals surface area (Å²) in [7, 11) is -3.83. The minimum absolute atomic E-state index is 0.170. The van der Waals surface area contributed by atoms with E-state index in [1.807, 2.05) is 11.6 Å². The lowest BCUT2D eigenvalue weighted by Gasteiger charge is -2.07. The van der Waals surface area contributed by atoms with Crippen molar-refractivity contribution in [3.05, 3.63) is 12.5 Å². The lowest BCUT2D eigenvalue weighted by Crippen LogP contribution is -2.40. The fourth-order valence-electron chi connectivity index (χ4n) is 1.01. The number of primary amides is 1. The van der Waals surface area contributed by atoms with Gasteiger partial charge in [0.15, 0.2) is 5.03 Å². The quantitative estimate of drug-likeness (QED) is 0.548. The van der Waals surface area contributed by atoms with Crippen LogP contribution in [0.5, 0.6) is 0 Å². The van der Waals surface area contributed by atoms with Crippen molar-refractivity contribution < 1.29 is 18.3 Å². The Morgan fingerprint density at radius 1 is 1.71 bits per heavy atom. The molecular formula is C8H14N4O4S. The summed E-state index contributed by atoms with van der Waals surface area (Å²) in [6.07, 6.45) is 1.16. The molecule has 17 heavy (non-hydrogen) atoms. The van der Waals surface area contributed by atoms with E-state index in [2.05, 4.69) is 4.98 Å². The zero-order chi connectivity index (χ0) is 13.1. The Hall–Kier alpha value is -1.45. The normalized spacial score (nSPS) is 13.5. The highest BCUT2D eigenvalue weighted by Crippen LogP contribution is 2.04. The Morgan fingerprint density at radius 2 is 2.35 bits per heavy atom. The first-order chi connectivity index (χ1) is 7.86. The number of imidazole rings is 1. The number of sulfonamides is 1. The molecule has 1 amide bonds. The number of aliphatic hydroxyl groups excluding tert-OH is 1. The third-order valence-corrected chi connectivity index (χ3v) is 3.35. The molecule has 1 aromatic heterocycles. The molecule has 0 aliphatic carbocycles. The van der Waals surface area contributed by atoms with Gasteiger partial charge in [-0.15, -0.1) is 0 Å². The van der Waals surface area contributed by atoms with Crippen LogP contribution in [0.15, 0.2) is 17.6 Å². The predicted octanol–water partition coefficient (Wildman–Crippen LogP) is -1.97. The summed E-state index contributed by atoms with van der Waals surface area (Å²) in [5.41, 5.74) is 4.79. The molecule has 1 unspecified atom stereocenters. The molecule has 0 aromatic carbocycles. The topological polar surface area (TPSA) is 127 Å². The fraction of sp³-hybridized carbons (Fsp3) is 0.500. The standard InChI is InChI=1S/C8H14N4O4S/c1-2-12-4-7(10-5-12)17(15,16)11-3-6(13)8(9)14/h4-6,11,13H,2-3H2,1H3,(H2,9,14). The van der Waals surface area contributed by atoms with Crippen LogP contribution >= 0.6 is 0 Å². The number of nitrogens with two attached hydrogens (primary N) is 1. The van der Waals surface area contributed by atoms with Gasteiger partial charge in [0, 0.05) is 19.3 Å². The number of rotatable bonds is 6. The van der Waals surface area contributed by atoms with Crippen LogP contribution in [0, 0.1) is 0 Å². The van der Waals surface area contributed by atoms with Crippen LogP contribution in [-0.2, 0) is 21.4 Å². The number of amides is 1. The van der Waals surface area contributed by atoms with Crippen LogP contribution in [-0.4, -0.2) is 41.6 Å². The van der Waals surface area contributed by atoms with Crippen molar-refractivity contribution in [1.29, 1.82) is 0 Å². The van der Waals surface area contributed by atoms with Gasteiger partial charge in [-0.25, -0.2) is 18.1 Å². The second-order valence-electron chi connectivity index (χ2n) is 3.31. The SMILES string of the molecule is CCn1cnc(S(=O)(=O)NCC(O)C(N)=O)c1. The van der Waals surface area contributed by atoms with Crippen molar-refractivity contribution >= 4 is 15.9 Å². The maximum Gasteiger partial charge on any atom is 0.259 e. The fourth-order valence-corrected chi connectivity index (χ4v) is 2.00. The van der Waals surface area contributed by atoms with Gasteiger partial charge in [0.1, 0.15) is 6.10 Å². The van der Waals surface area contributed by atoms with Crippen LogP contribution in [0.2, 0.25) is 0 Å². The minimum Gasteiger partial charge on any atom is -0.382 e. The molecule has 0 radical (unpaired) electrons. The monoisotopic (exact) mass is 262 g/mol. The van der Waals surface area contributed by atoms with Crippen LogP contribution < -0.4 is 10.5 Å². The summed E-state index contributed by atoms with van der Waals surface area (Å²) in [6, 6.07) is 0. The molecule has 0 bridgehead atoms. The van der Waals surface area contributed by atoms with Crippen molar-refractivity contribution in [2.24, 2.45) is 5.73 Å². The van der Waals surface area contributed by atoms with Crippen LogP contribution in [0.1, 0.15) is 6.92 Å². The van der Waals surface area contributed by atoms with Gasteiger partial charge in [-0.2, -0.15) is 0 Å². The molecule has 0 fully saturated rings. The third kappa shape index (κ3) is 3.51. The molecule has 8 nitrogen and oxygen atoms in total. The van der Waals surface area contributed by atoms with Crippen molar-refractivity contribution in [1.82, 2.24) is 14.3 Å². The second kappa shape index (κ2) is 5.25. The van der Waals surface area contributed by atoms with Gasteiger partial charge in [0.2, 0.25) is 5.91 Å². The van der Waals surface area contributed by atoms with E-state index in [4.69, 9.17) is 10.8 Å². The molecule has 9 heteroatoms. The molecule has 0 aliphatic heterocycles. The molecule has 4 N–H and O–H groups in total. The van der Waals surface area contributed by atoms with Gasteiger partial charge in [-0.3, -0.25) is 4.79 Å². The zero-order valence-corrected chi connectivity index (χ0v) is 10.0. The van der Waals surface area contributed by atoms with E-state index in [0.29, 0.717) is 6.54 Å². The molecule has 1 atom stereocenters. The summed E-state index contributed by atoms with van der Waals surface area (Å²) >= 11 is 0. The lowest BCUT2D eigenvalue weighted by atomic mass is 10.3. The Labute approximate surface area is 98.5 Å². The third-order valence-electron chi connectivity index (χ3n) is 2.05. The largest absolute Gasteiger partial charge is 0.382 e. The first-order valence-corrected chi connectivity index (χ1v) is 6.34. The number of nitrogens with zero attached hydrogens (tertiary/aromatic N) is 2. The molecule has 0 saturated heterocycles. The van der Waals surface area contributed by atoms with Crippen molar-refractivity contribution in [2.75, 3.05) is 6.54 Å². The smallest absolute Gasteiger partial charge is 0.259 e. The molecular weight excluding hydrogens is 248 g/mol. The van der Waals surface area contributed by atoms with Gasteiger partial charge in [-0.1, -0.05) is 0 Å². The Bertz CT molecular complexity index is 495. The summed E-state index contributed by atoms with van der Waals surface area (Å²) < 4.78 is 26.9.